The molecule has 0 saturated carbocycles. The number of aromatic amines is 1. The number of halogens is 1. The average Bonchev–Trinajstić information content (AvgIpc) is 2.46. The fourth-order valence-electron chi connectivity index (χ4n) is 1.57. The summed E-state index contributed by atoms with van der Waals surface area (Å²) in [7, 11) is 0. The minimum atomic E-state index is 0.558. The lowest BCUT2D eigenvalue weighted by atomic mass is 10.1. The predicted molar refractivity (Wildman–Crippen MR) is 65.6 cm³/mol. The van der Waals surface area contributed by atoms with Gasteiger partial charge >= 0.3 is 0 Å². The maximum absolute atomic E-state index is 5.70. The summed E-state index contributed by atoms with van der Waals surface area (Å²) in [6.07, 6.45) is 0. The van der Waals surface area contributed by atoms with Crippen LogP contribution in [0.15, 0.2) is 22.7 Å². The van der Waals surface area contributed by atoms with E-state index in [9.17, 15) is 0 Å². The van der Waals surface area contributed by atoms with E-state index in [2.05, 4.69) is 45.2 Å². The van der Waals surface area contributed by atoms with Crippen LogP contribution in [0, 0.1) is 13.8 Å². The first-order chi connectivity index (χ1) is 7.08. The van der Waals surface area contributed by atoms with Crippen molar-refractivity contribution in [1.82, 2.24) is 10.2 Å². The van der Waals surface area contributed by atoms with E-state index in [1.165, 1.54) is 5.56 Å². The van der Waals surface area contributed by atoms with Gasteiger partial charge in [-0.3, -0.25) is 5.10 Å². The molecule has 0 aliphatic rings. The zero-order valence-corrected chi connectivity index (χ0v) is 10.2. The van der Waals surface area contributed by atoms with Gasteiger partial charge in [-0.1, -0.05) is 15.9 Å². The third kappa shape index (κ3) is 1.90. The van der Waals surface area contributed by atoms with Crippen LogP contribution in [-0.4, -0.2) is 10.2 Å². The van der Waals surface area contributed by atoms with Crippen LogP contribution in [0.3, 0.4) is 0 Å². The summed E-state index contributed by atoms with van der Waals surface area (Å²) in [5, 5.41) is 6.94. The molecule has 4 heteroatoms. The van der Waals surface area contributed by atoms with Crippen LogP contribution in [0.2, 0.25) is 0 Å². The summed E-state index contributed by atoms with van der Waals surface area (Å²) in [6.45, 7) is 4.02. The van der Waals surface area contributed by atoms with Crippen LogP contribution in [-0.2, 0) is 0 Å². The molecule has 78 valence electrons. The number of nitrogens with zero attached hydrogens (tertiary/aromatic N) is 1. The van der Waals surface area contributed by atoms with Crippen molar-refractivity contribution in [2.75, 3.05) is 5.73 Å². The Bertz CT molecular complexity index is 482. The lowest BCUT2D eigenvalue weighted by molar-refractivity contribution is 1.10. The highest BCUT2D eigenvalue weighted by Crippen LogP contribution is 2.27. The summed E-state index contributed by atoms with van der Waals surface area (Å²) >= 11 is 3.48. The number of aromatic nitrogens is 2. The first kappa shape index (κ1) is 10.2. The molecule has 1 aromatic carbocycles. The monoisotopic (exact) mass is 265 g/mol. The predicted octanol–water partition coefficient (Wildman–Crippen LogP) is 3.04. The van der Waals surface area contributed by atoms with Crippen LogP contribution in [0.4, 0.5) is 5.82 Å². The van der Waals surface area contributed by atoms with E-state index < -0.39 is 0 Å². The molecule has 15 heavy (non-hydrogen) atoms. The van der Waals surface area contributed by atoms with Crippen LogP contribution < -0.4 is 5.73 Å². The quantitative estimate of drug-likeness (QED) is 0.833. The van der Waals surface area contributed by atoms with Gasteiger partial charge in [0.25, 0.3) is 0 Å². The van der Waals surface area contributed by atoms with Gasteiger partial charge in [-0.25, -0.2) is 0 Å². The van der Waals surface area contributed by atoms with E-state index in [-0.39, 0.29) is 0 Å². The summed E-state index contributed by atoms with van der Waals surface area (Å²) in [5.74, 6) is 0.558. The summed E-state index contributed by atoms with van der Waals surface area (Å²) in [5.41, 5.74) is 9.98. The van der Waals surface area contributed by atoms with E-state index in [1.807, 2.05) is 13.0 Å². The number of hydrogen-bond donors (Lipinski definition) is 2. The van der Waals surface area contributed by atoms with E-state index in [0.717, 1.165) is 21.3 Å². The second kappa shape index (κ2) is 3.70. The van der Waals surface area contributed by atoms with Gasteiger partial charge < -0.3 is 5.73 Å². The Balaban J connectivity index is 2.58. The molecule has 2 rings (SSSR count). The summed E-state index contributed by atoms with van der Waals surface area (Å²) in [4.78, 5) is 0. The van der Waals surface area contributed by atoms with Gasteiger partial charge in [0.05, 0.1) is 5.69 Å². The zero-order valence-electron chi connectivity index (χ0n) is 8.63. The van der Waals surface area contributed by atoms with E-state index in [4.69, 9.17) is 5.73 Å². The van der Waals surface area contributed by atoms with Crippen molar-refractivity contribution < 1.29 is 0 Å². The van der Waals surface area contributed by atoms with Crippen LogP contribution in [0.5, 0.6) is 0 Å². The first-order valence-electron chi connectivity index (χ1n) is 4.66. The number of aryl methyl sites for hydroxylation is 1. The standard InChI is InChI=1S/C11H12BrN3/c1-6-3-8(5-9(12)4-6)10-7(2)11(13)15-14-10/h3-5H,1-2H3,(H3,13,14,15). The molecule has 0 amide bonds. The van der Waals surface area contributed by atoms with Crippen molar-refractivity contribution in [2.24, 2.45) is 0 Å². The van der Waals surface area contributed by atoms with Gasteiger partial charge in [-0.2, -0.15) is 5.10 Å². The smallest absolute Gasteiger partial charge is 0.148 e. The summed E-state index contributed by atoms with van der Waals surface area (Å²) < 4.78 is 1.06. The largest absolute Gasteiger partial charge is 0.382 e. The number of anilines is 1. The Morgan fingerprint density at radius 3 is 2.53 bits per heavy atom. The molecule has 0 spiro atoms. The highest BCUT2D eigenvalue weighted by atomic mass is 79.9. The Labute approximate surface area is 96.8 Å². The van der Waals surface area contributed by atoms with Crippen molar-refractivity contribution in [3.63, 3.8) is 0 Å². The Morgan fingerprint density at radius 1 is 1.27 bits per heavy atom. The Kier molecular flexibility index (Phi) is 2.52. The first-order valence-corrected chi connectivity index (χ1v) is 5.45. The van der Waals surface area contributed by atoms with Gasteiger partial charge in [0.1, 0.15) is 5.82 Å². The van der Waals surface area contributed by atoms with Gasteiger partial charge in [0.15, 0.2) is 0 Å². The minimum absolute atomic E-state index is 0.558. The van der Waals surface area contributed by atoms with Crippen molar-refractivity contribution in [3.05, 3.63) is 33.8 Å². The van der Waals surface area contributed by atoms with E-state index >= 15 is 0 Å². The lowest BCUT2D eigenvalue weighted by Crippen LogP contribution is -1.86. The number of H-pyrrole nitrogens is 1. The molecular weight excluding hydrogens is 254 g/mol. The minimum Gasteiger partial charge on any atom is -0.382 e. The van der Waals surface area contributed by atoms with Crippen molar-refractivity contribution in [2.45, 2.75) is 13.8 Å². The van der Waals surface area contributed by atoms with Crippen molar-refractivity contribution in [3.8, 4) is 11.3 Å². The molecule has 3 nitrogen and oxygen atoms in total. The fourth-order valence-corrected chi connectivity index (χ4v) is 2.18. The molecule has 0 aliphatic heterocycles. The molecule has 1 heterocycles. The van der Waals surface area contributed by atoms with Crippen LogP contribution >= 0.6 is 15.9 Å². The molecule has 0 unspecified atom stereocenters. The van der Waals surface area contributed by atoms with E-state index in [0.29, 0.717) is 5.82 Å². The average molecular weight is 266 g/mol. The molecule has 0 atom stereocenters. The molecule has 3 N–H and O–H groups in total. The van der Waals surface area contributed by atoms with Crippen molar-refractivity contribution in [1.29, 1.82) is 0 Å². The van der Waals surface area contributed by atoms with Crippen molar-refractivity contribution >= 4 is 21.7 Å². The Morgan fingerprint density at radius 2 is 2.00 bits per heavy atom. The third-order valence-electron chi connectivity index (χ3n) is 2.38. The SMILES string of the molecule is Cc1cc(Br)cc(-c2[nH]nc(N)c2C)c1. The topological polar surface area (TPSA) is 54.7 Å². The molecule has 2 aromatic rings. The second-order valence-electron chi connectivity index (χ2n) is 3.63. The van der Waals surface area contributed by atoms with E-state index in [1.54, 1.807) is 0 Å². The number of rotatable bonds is 1. The number of benzene rings is 1. The molecule has 0 bridgehead atoms. The number of hydrogen-bond acceptors (Lipinski definition) is 2. The third-order valence-corrected chi connectivity index (χ3v) is 2.84. The summed E-state index contributed by atoms with van der Waals surface area (Å²) in [6, 6.07) is 6.22. The van der Waals surface area contributed by atoms with Gasteiger partial charge in [-0.05, 0) is 37.6 Å². The van der Waals surface area contributed by atoms with Crippen LogP contribution in [0.25, 0.3) is 11.3 Å². The number of nitrogens with one attached hydrogen (secondary N) is 1. The normalized spacial score (nSPS) is 10.6. The maximum Gasteiger partial charge on any atom is 0.148 e. The fraction of sp³-hybridized carbons (Fsp3) is 0.182. The molecule has 1 aromatic heterocycles. The molecular formula is C11H12BrN3. The molecule has 0 fully saturated rings. The van der Waals surface area contributed by atoms with Gasteiger partial charge in [0.2, 0.25) is 0 Å². The molecule has 0 saturated heterocycles. The lowest BCUT2D eigenvalue weighted by Gasteiger charge is -2.02. The number of nitrogen functional groups attached to an aromatic ring is 1. The Hall–Kier alpha value is -1.29. The second-order valence-corrected chi connectivity index (χ2v) is 4.54. The highest BCUT2D eigenvalue weighted by Gasteiger charge is 2.08. The van der Waals surface area contributed by atoms with Gasteiger partial charge in [-0.15, -0.1) is 0 Å². The zero-order chi connectivity index (χ0) is 11.0. The van der Waals surface area contributed by atoms with Crippen LogP contribution in [0.1, 0.15) is 11.1 Å². The molecule has 0 aliphatic carbocycles. The molecule has 0 radical (unpaired) electrons. The van der Waals surface area contributed by atoms with Gasteiger partial charge in [0, 0.05) is 15.6 Å². The maximum atomic E-state index is 5.70. The number of nitrogens with two attached hydrogens (primary N) is 1. The highest BCUT2D eigenvalue weighted by molar-refractivity contribution is 9.10.